The fourth-order valence-corrected chi connectivity index (χ4v) is 4.08. The van der Waals surface area contributed by atoms with Crippen molar-refractivity contribution in [1.29, 1.82) is 0 Å². The molecule has 6 nitrogen and oxygen atoms in total. The van der Waals surface area contributed by atoms with Gasteiger partial charge in [-0.1, -0.05) is 6.92 Å². The van der Waals surface area contributed by atoms with Gasteiger partial charge in [0, 0.05) is 36.1 Å². The number of hydrogen-bond acceptors (Lipinski definition) is 4. The molecule has 0 aliphatic carbocycles. The van der Waals surface area contributed by atoms with Crippen molar-refractivity contribution in [2.24, 2.45) is 0 Å². The van der Waals surface area contributed by atoms with Crippen molar-refractivity contribution < 1.29 is 13.2 Å². The van der Waals surface area contributed by atoms with Crippen LogP contribution in [-0.4, -0.2) is 33.5 Å². The molecule has 0 aliphatic heterocycles. The van der Waals surface area contributed by atoms with E-state index in [2.05, 4.69) is 28.8 Å². The van der Waals surface area contributed by atoms with E-state index in [-0.39, 0.29) is 16.8 Å². The number of sulfonamides is 1. The number of rotatable bonds is 9. The van der Waals surface area contributed by atoms with E-state index < -0.39 is 10.0 Å². The van der Waals surface area contributed by atoms with E-state index in [1.54, 1.807) is 24.3 Å². The van der Waals surface area contributed by atoms with Crippen LogP contribution in [0.15, 0.2) is 53.4 Å². The average molecular weight is 404 g/mol. The Balaban J connectivity index is 2.06. The smallest absolute Gasteiger partial charge is 0.255 e. The number of carbonyl (C=O) groups excluding carboxylic acids is 1. The Hall–Kier alpha value is -2.38. The van der Waals surface area contributed by atoms with E-state index in [1.165, 1.54) is 12.1 Å². The topological polar surface area (TPSA) is 78.5 Å². The molecular formula is C21H29N3O3S. The molecule has 1 atom stereocenters. The first-order chi connectivity index (χ1) is 13.3. The number of hydrogen-bond donors (Lipinski definition) is 2. The van der Waals surface area contributed by atoms with Crippen LogP contribution in [0.1, 0.15) is 44.5 Å². The van der Waals surface area contributed by atoms with Crippen LogP contribution in [0.4, 0.5) is 11.4 Å². The summed E-state index contributed by atoms with van der Waals surface area (Å²) in [5.41, 5.74) is 2.16. The molecule has 0 radical (unpaired) electrons. The third-order valence-electron chi connectivity index (χ3n) is 4.65. The van der Waals surface area contributed by atoms with Crippen molar-refractivity contribution in [1.82, 2.24) is 4.72 Å². The monoisotopic (exact) mass is 403 g/mol. The summed E-state index contributed by atoms with van der Waals surface area (Å²) in [5.74, 6) is -0.237. The van der Waals surface area contributed by atoms with Crippen molar-refractivity contribution in [2.75, 3.05) is 23.3 Å². The van der Waals surface area contributed by atoms with Crippen LogP contribution < -0.4 is 14.9 Å². The number of benzene rings is 2. The average Bonchev–Trinajstić information content (AvgIpc) is 2.69. The van der Waals surface area contributed by atoms with Crippen molar-refractivity contribution in [3.8, 4) is 0 Å². The zero-order valence-electron chi connectivity index (χ0n) is 16.9. The Kier molecular flexibility index (Phi) is 7.60. The summed E-state index contributed by atoms with van der Waals surface area (Å²) in [6.45, 7) is 9.73. The van der Waals surface area contributed by atoms with Crippen LogP contribution in [0.2, 0.25) is 0 Å². The molecular weight excluding hydrogens is 374 g/mol. The van der Waals surface area contributed by atoms with Gasteiger partial charge < -0.3 is 10.2 Å². The SMILES string of the molecule is CC[C@@H](C)NS(=O)(=O)c1ccc(NC(=O)c2ccc(N(CC)CC)cc2)cc1. The molecule has 0 spiro atoms. The number of carbonyl (C=O) groups is 1. The van der Waals surface area contributed by atoms with Gasteiger partial charge >= 0.3 is 0 Å². The lowest BCUT2D eigenvalue weighted by Crippen LogP contribution is -2.31. The first-order valence-corrected chi connectivity index (χ1v) is 11.1. The van der Waals surface area contributed by atoms with E-state index in [9.17, 15) is 13.2 Å². The Morgan fingerprint density at radius 1 is 0.964 bits per heavy atom. The van der Waals surface area contributed by atoms with Crippen LogP contribution in [0.5, 0.6) is 0 Å². The van der Waals surface area contributed by atoms with Gasteiger partial charge in [0.1, 0.15) is 0 Å². The molecule has 0 saturated carbocycles. The quantitative estimate of drug-likeness (QED) is 0.666. The van der Waals surface area contributed by atoms with E-state index in [1.807, 2.05) is 26.0 Å². The second-order valence-electron chi connectivity index (χ2n) is 6.63. The third-order valence-corrected chi connectivity index (χ3v) is 6.25. The highest BCUT2D eigenvalue weighted by Gasteiger charge is 2.16. The molecule has 2 aromatic rings. The number of nitrogens with one attached hydrogen (secondary N) is 2. The molecule has 0 aliphatic rings. The van der Waals surface area contributed by atoms with Crippen molar-refractivity contribution in [3.63, 3.8) is 0 Å². The Morgan fingerprint density at radius 3 is 2.04 bits per heavy atom. The Bertz CT molecular complexity index is 874. The van der Waals surface area contributed by atoms with Crippen LogP contribution in [0.3, 0.4) is 0 Å². The summed E-state index contributed by atoms with van der Waals surface area (Å²) in [6, 6.07) is 13.5. The lowest BCUT2D eigenvalue weighted by molar-refractivity contribution is 0.102. The van der Waals surface area contributed by atoms with Crippen LogP contribution in [-0.2, 0) is 10.0 Å². The minimum absolute atomic E-state index is 0.135. The fourth-order valence-electron chi connectivity index (χ4n) is 2.75. The predicted octanol–water partition coefficient (Wildman–Crippen LogP) is 3.86. The second-order valence-corrected chi connectivity index (χ2v) is 8.34. The molecule has 28 heavy (non-hydrogen) atoms. The molecule has 152 valence electrons. The zero-order valence-corrected chi connectivity index (χ0v) is 17.7. The van der Waals surface area contributed by atoms with Crippen molar-refractivity contribution in [2.45, 2.75) is 45.1 Å². The predicted molar refractivity (Wildman–Crippen MR) is 114 cm³/mol. The van der Waals surface area contributed by atoms with Crippen molar-refractivity contribution >= 4 is 27.3 Å². The minimum atomic E-state index is -3.55. The molecule has 0 bridgehead atoms. The van der Waals surface area contributed by atoms with Gasteiger partial charge in [0.05, 0.1) is 4.90 Å². The van der Waals surface area contributed by atoms with E-state index in [0.29, 0.717) is 17.7 Å². The number of amides is 1. The molecule has 1 amide bonds. The molecule has 2 rings (SSSR count). The molecule has 7 heteroatoms. The van der Waals surface area contributed by atoms with E-state index >= 15 is 0 Å². The van der Waals surface area contributed by atoms with Gasteiger partial charge in [0.25, 0.3) is 5.91 Å². The molecule has 2 N–H and O–H groups in total. The lowest BCUT2D eigenvalue weighted by Gasteiger charge is -2.21. The number of nitrogens with zero attached hydrogens (tertiary/aromatic N) is 1. The first-order valence-electron chi connectivity index (χ1n) is 9.59. The summed E-state index contributed by atoms with van der Waals surface area (Å²) >= 11 is 0. The molecule has 2 aromatic carbocycles. The summed E-state index contributed by atoms with van der Waals surface area (Å²) in [6.07, 6.45) is 0.709. The Morgan fingerprint density at radius 2 is 1.54 bits per heavy atom. The maximum Gasteiger partial charge on any atom is 0.255 e. The maximum absolute atomic E-state index is 12.4. The third kappa shape index (κ3) is 5.56. The summed E-state index contributed by atoms with van der Waals surface area (Å²) < 4.78 is 27.2. The summed E-state index contributed by atoms with van der Waals surface area (Å²) in [7, 11) is -3.55. The van der Waals surface area contributed by atoms with Gasteiger partial charge in [0.15, 0.2) is 0 Å². The van der Waals surface area contributed by atoms with Gasteiger partial charge in [-0.05, 0) is 75.7 Å². The van der Waals surface area contributed by atoms with Gasteiger partial charge in [-0.3, -0.25) is 4.79 Å². The zero-order chi connectivity index (χ0) is 20.7. The molecule has 0 heterocycles. The Labute approximate surface area is 168 Å². The van der Waals surface area contributed by atoms with Gasteiger partial charge in [-0.15, -0.1) is 0 Å². The summed E-state index contributed by atoms with van der Waals surface area (Å²) in [4.78, 5) is 14.8. The van der Waals surface area contributed by atoms with E-state index in [4.69, 9.17) is 0 Å². The lowest BCUT2D eigenvalue weighted by atomic mass is 10.1. The summed E-state index contributed by atoms with van der Waals surface area (Å²) in [5, 5.41) is 2.80. The fraction of sp³-hybridized carbons (Fsp3) is 0.381. The van der Waals surface area contributed by atoms with Gasteiger partial charge in [-0.2, -0.15) is 0 Å². The normalized spacial score (nSPS) is 12.4. The van der Waals surface area contributed by atoms with E-state index in [0.717, 1.165) is 18.8 Å². The number of anilines is 2. The standard InChI is InChI=1S/C21H29N3O3S/c1-5-16(4)23-28(26,27)20-14-10-18(11-15-20)22-21(25)17-8-12-19(13-9-17)24(6-2)7-3/h8-16,23H,5-7H2,1-4H3,(H,22,25)/t16-/m1/s1. The van der Waals surface area contributed by atoms with Crippen LogP contribution in [0.25, 0.3) is 0 Å². The molecule has 0 unspecified atom stereocenters. The highest BCUT2D eigenvalue weighted by Crippen LogP contribution is 2.18. The van der Waals surface area contributed by atoms with Crippen LogP contribution in [0, 0.1) is 0 Å². The van der Waals surface area contributed by atoms with Gasteiger partial charge in [0.2, 0.25) is 10.0 Å². The molecule has 0 fully saturated rings. The highest BCUT2D eigenvalue weighted by molar-refractivity contribution is 7.89. The first kappa shape index (κ1) is 21.9. The highest BCUT2D eigenvalue weighted by atomic mass is 32.2. The largest absolute Gasteiger partial charge is 0.372 e. The second kappa shape index (κ2) is 9.71. The molecule has 0 saturated heterocycles. The van der Waals surface area contributed by atoms with Crippen molar-refractivity contribution in [3.05, 3.63) is 54.1 Å². The maximum atomic E-state index is 12.4. The van der Waals surface area contributed by atoms with Gasteiger partial charge in [-0.25, -0.2) is 13.1 Å². The molecule has 0 aromatic heterocycles. The van der Waals surface area contributed by atoms with Crippen LogP contribution >= 0.6 is 0 Å². The minimum Gasteiger partial charge on any atom is -0.372 e.